The lowest BCUT2D eigenvalue weighted by Crippen LogP contribution is -2.55. The molecule has 2 aliphatic heterocycles. The van der Waals surface area contributed by atoms with Crippen LogP contribution < -0.4 is 0 Å². The molecule has 3 heterocycles. The Morgan fingerprint density at radius 1 is 1.16 bits per heavy atom. The van der Waals surface area contributed by atoms with Crippen LogP contribution in [-0.2, 0) is 4.79 Å². The third-order valence-corrected chi connectivity index (χ3v) is 7.85. The fourth-order valence-electron chi connectivity index (χ4n) is 4.60. The van der Waals surface area contributed by atoms with Crippen molar-refractivity contribution >= 4 is 44.8 Å². The van der Waals surface area contributed by atoms with Crippen molar-refractivity contribution in [2.45, 2.75) is 18.9 Å². The summed E-state index contributed by atoms with van der Waals surface area (Å²) in [5.74, 6) is -0.132. The van der Waals surface area contributed by atoms with Gasteiger partial charge in [0.05, 0.1) is 4.88 Å². The van der Waals surface area contributed by atoms with Crippen molar-refractivity contribution < 1.29 is 9.59 Å². The number of thiophene rings is 1. The van der Waals surface area contributed by atoms with E-state index in [1.807, 2.05) is 29.2 Å². The number of amides is 2. The molecule has 2 fully saturated rings. The van der Waals surface area contributed by atoms with E-state index in [1.165, 1.54) is 24.2 Å². The molecule has 4 rings (SSSR count). The summed E-state index contributed by atoms with van der Waals surface area (Å²) in [6.07, 6.45) is 4.08. The van der Waals surface area contributed by atoms with Crippen LogP contribution in [0.15, 0.2) is 36.9 Å². The van der Waals surface area contributed by atoms with Gasteiger partial charge in [-0.2, -0.15) is 0 Å². The molecule has 0 saturated carbocycles. The van der Waals surface area contributed by atoms with Crippen molar-refractivity contribution in [3.63, 3.8) is 0 Å². The zero-order chi connectivity index (χ0) is 22.7. The van der Waals surface area contributed by atoms with Crippen LogP contribution in [0.3, 0.4) is 0 Å². The number of hydrogen-bond donors (Lipinski definition) is 0. The van der Waals surface area contributed by atoms with Crippen molar-refractivity contribution in [3.8, 4) is 0 Å². The second-order valence-corrected chi connectivity index (χ2v) is 10.2. The molecule has 1 aromatic heterocycles. The highest BCUT2D eigenvalue weighted by atomic mass is 35.5. The summed E-state index contributed by atoms with van der Waals surface area (Å²) in [6.45, 7) is 9.75. The number of fused-ring (bicyclic) bond motifs is 1. The molecule has 0 unspecified atom stereocenters. The van der Waals surface area contributed by atoms with E-state index in [0.29, 0.717) is 22.5 Å². The lowest BCUT2D eigenvalue weighted by molar-refractivity contribution is -0.134. The monoisotopic (exact) mass is 474 g/mol. The molecular formula is C24H31ClN4O2S. The second kappa shape index (κ2) is 10.3. The Hall–Kier alpha value is -1.93. The van der Waals surface area contributed by atoms with Gasteiger partial charge in [0, 0.05) is 48.5 Å². The summed E-state index contributed by atoms with van der Waals surface area (Å²) in [7, 11) is 2.18. The third-order valence-electron chi connectivity index (χ3n) is 6.53. The molecule has 0 radical (unpaired) electrons. The quantitative estimate of drug-likeness (QED) is 0.602. The first-order valence-electron chi connectivity index (χ1n) is 11.2. The molecule has 0 N–H and O–H groups in total. The van der Waals surface area contributed by atoms with Crippen LogP contribution in [0.25, 0.3) is 10.1 Å². The fraction of sp³-hybridized carbons (Fsp3) is 0.500. The third kappa shape index (κ3) is 5.34. The number of halogens is 1. The molecule has 0 spiro atoms. The van der Waals surface area contributed by atoms with Gasteiger partial charge in [-0.15, -0.1) is 17.9 Å². The SMILES string of the molecule is C=CCN(CC(=O)N1CCN(C2CCN(C)CC2)CC1)C(=O)c1cc2ccc(Cl)cc2s1. The van der Waals surface area contributed by atoms with E-state index >= 15 is 0 Å². The lowest BCUT2D eigenvalue weighted by atomic mass is 10.0. The van der Waals surface area contributed by atoms with Gasteiger partial charge in [0.25, 0.3) is 5.91 Å². The van der Waals surface area contributed by atoms with Crippen molar-refractivity contribution in [2.24, 2.45) is 0 Å². The summed E-state index contributed by atoms with van der Waals surface area (Å²) in [5, 5.41) is 1.63. The average Bonchev–Trinajstić information content (AvgIpc) is 3.22. The Labute approximate surface area is 199 Å². The normalized spacial score (nSPS) is 18.8. The van der Waals surface area contributed by atoms with E-state index in [1.54, 1.807) is 11.0 Å². The number of likely N-dealkylation sites (tertiary alicyclic amines) is 1. The molecular weight excluding hydrogens is 444 g/mol. The highest BCUT2D eigenvalue weighted by molar-refractivity contribution is 7.20. The van der Waals surface area contributed by atoms with E-state index in [2.05, 4.69) is 23.4 Å². The molecule has 0 bridgehead atoms. The molecule has 2 aromatic rings. The maximum atomic E-state index is 13.2. The number of carbonyl (C=O) groups is 2. The van der Waals surface area contributed by atoms with Gasteiger partial charge < -0.3 is 14.7 Å². The van der Waals surface area contributed by atoms with Gasteiger partial charge in [0.1, 0.15) is 6.54 Å². The Bertz CT molecular complexity index is 978. The highest BCUT2D eigenvalue weighted by Crippen LogP contribution is 2.29. The summed E-state index contributed by atoms with van der Waals surface area (Å²) in [5.41, 5.74) is 0. The first kappa shape index (κ1) is 23.2. The molecule has 1 aromatic carbocycles. The number of piperazine rings is 1. The predicted octanol–water partition coefficient (Wildman–Crippen LogP) is 3.42. The van der Waals surface area contributed by atoms with Crippen molar-refractivity contribution in [2.75, 3.05) is 59.4 Å². The van der Waals surface area contributed by atoms with Crippen LogP contribution >= 0.6 is 22.9 Å². The molecule has 0 atom stereocenters. The molecule has 6 nitrogen and oxygen atoms in total. The minimum absolute atomic E-state index is 0.00684. The van der Waals surface area contributed by atoms with Gasteiger partial charge in [-0.05, 0) is 56.6 Å². The number of rotatable bonds is 6. The lowest BCUT2D eigenvalue weighted by Gasteiger charge is -2.42. The van der Waals surface area contributed by atoms with Gasteiger partial charge in [0.15, 0.2) is 0 Å². The van der Waals surface area contributed by atoms with Gasteiger partial charge >= 0.3 is 0 Å². The molecule has 2 saturated heterocycles. The number of piperidine rings is 1. The molecule has 2 aliphatic rings. The maximum absolute atomic E-state index is 13.2. The van der Waals surface area contributed by atoms with Gasteiger partial charge in [-0.1, -0.05) is 23.7 Å². The maximum Gasteiger partial charge on any atom is 0.264 e. The van der Waals surface area contributed by atoms with Crippen LogP contribution in [0.4, 0.5) is 0 Å². The van der Waals surface area contributed by atoms with E-state index in [4.69, 9.17) is 11.6 Å². The molecule has 2 amide bonds. The number of hydrogen-bond acceptors (Lipinski definition) is 5. The van der Waals surface area contributed by atoms with Crippen LogP contribution in [0.2, 0.25) is 5.02 Å². The smallest absolute Gasteiger partial charge is 0.264 e. The van der Waals surface area contributed by atoms with Crippen LogP contribution in [-0.4, -0.2) is 96.9 Å². The van der Waals surface area contributed by atoms with Gasteiger partial charge in [-0.3, -0.25) is 14.5 Å². The number of benzene rings is 1. The van der Waals surface area contributed by atoms with Crippen molar-refractivity contribution in [3.05, 3.63) is 46.8 Å². The summed E-state index contributed by atoms with van der Waals surface area (Å²) >= 11 is 7.49. The highest BCUT2D eigenvalue weighted by Gasteiger charge is 2.29. The first-order valence-corrected chi connectivity index (χ1v) is 12.4. The second-order valence-electron chi connectivity index (χ2n) is 8.72. The average molecular weight is 475 g/mol. The molecule has 172 valence electrons. The number of nitrogens with zero attached hydrogens (tertiary/aromatic N) is 4. The molecule has 32 heavy (non-hydrogen) atoms. The largest absolute Gasteiger partial charge is 0.339 e. The van der Waals surface area contributed by atoms with E-state index < -0.39 is 0 Å². The van der Waals surface area contributed by atoms with Crippen molar-refractivity contribution in [1.29, 1.82) is 0 Å². The Balaban J connectivity index is 1.35. The van der Waals surface area contributed by atoms with Gasteiger partial charge in [0.2, 0.25) is 5.91 Å². The summed E-state index contributed by atoms with van der Waals surface area (Å²) < 4.78 is 0.968. The summed E-state index contributed by atoms with van der Waals surface area (Å²) in [6, 6.07) is 8.10. The van der Waals surface area contributed by atoms with Crippen LogP contribution in [0.5, 0.6) is 0 Å². The molecule has 0 aliphatic carbocycles. The Morgan fingerprint density at radius 2 is 1.88 bits per heavy atom. The van der Waals surface area contributed by atoms with Crippen LogP contribution in [0, 0.1) is 0 Å². The zero-order valence-electron chi connectivity index (χ0n) is 18.6. The number of carbonyl (C=O) groups excluding carboxylic acids is 2. The minimum atomic E-state index is -0.138. The predicted molar refractivity (Wildman–Crippen MR) is 132 cm³/mol. The molecule has 8 heteroatoms. The van der Waals surface area contributed by atoms with E-state index in [0.717, 1.165) is 49.4 Å². The fourth-order valence-corrected chi connectivity index (χ4v) is 5.91. The van der Waals surface area contributed by atoms with Crippen molar-refractivity contribution in [1.82, 2.24) is 19.6 Å². The zero-order valence-corrected chi connectivity index (χ0v) is 20.2. The van der Waals surface area contributed by atoms with Gasteiger partial charge in [-0.25, -0.2) is 0 Å². The Morgan fingerprint density at radius 3 is 2.56 bits per heavy atom. The topological polar surface area (TPSA) is 47.1 Å². The first-order chi connectivity index (χ1) is 15.4. The minimum Gasteiger partial charge on any atom is -0.339 e. The van der Waals surface area contributed by atoms with E-state index in [9.17, 15) is 9.59 Å². The summed E-state index contributed by atoms with van der Waals surface area (Å²) in [4.78, 5) is 35.2. The Kier molecular flexibility index (Phi) is 7.51. The van der Waals surface area contributed by atoms with E-state index in [-0.39, 0.29) is 18.4 Å². The van der Waals surface area contributed by atoms with Crippen LogP contribution in [0.1, 0.15) is 22.5 Å². The standard InChI is InChI=1S/C24H31ClN4O2S/c1-3-8-29(24(31)22-15-18-4-5-19(25)16-21(18)32-22)17-23(30)28-13-11-27(12-14-28)20-6-9-26(2)10-7-20/h3-5,15-16,20H,1,6-14,17H2,2H3.